The molecular weight excluding hydrogens is 305 g/mol. The van der Waals surface area contributed by atoms with Crippen molar-refractivity contribution in [3.8, 4) is 11.3 Å². The van der Waals surface area contributed by atoms with E-state index in [-0.39, 0.29) is 5.78 Å². The van der Waals surface area contributed by atoms with Crippen LogP contribution in [0, 0.1) is 0 Å². The number of fused-ring (bicyclic) bond motifs is 2. The lowest BCUT2D eigenvalue weighted by atomic mass is 9.80. The average molecular weight is 310 g/mol. The van der Waals surface area contributed by atoms with E-state index in [9.17, 15) is 4.79 Å². The van der Waals surface area contributed by atoms with Gasteiger partial charge in [-0.1, -0.05) is 41.0 Å². The zero-order valence-electron chi connectivity index (χ0n) is 9.61. The molecule has 0 atom stereocenters. The zero-order chi connectivity index (χ0) is 13.1. The van der Waals surface area contributed by atoms with E-state index in [4.69, 9.17) is 12.4 Å². The molecule has 0 saturated heterocycles. The predicted octanol–water partition coefficient (Wildman–Crippen LogP) is 2.60. The molecule has 0 aliphatic heterocycles. The standard InChI is InChI=1S/C14H5BBrNO2/c15-8-5-9(16)12-11-10(8)13(18)6-3-1-2-4-7(6)14(11)19-17-12/h1-5H. The van der Waals surface area contributed by atoms with Crippen molar-refractivity contribution in [2.24, 2.45) is 0 Å². The van der Waals surface area contributed by atoms with Crippen LogP contribution in [0.25, 0.3) is 22.2 Å². The van der Waals surface area contributed by atoms with Crippen molar-refractivity contribution in [3.63, 3.8) is 0 Å². The largest absolute Gasteiger partial charge is 0.355 e. The predicted molar refractivity (Wildman–Crippen MR) is 76.0 cm³/mol. The summed E-state index contributed by atoms with van der Waals surface area (Å²) in [7, 11) is 5.99. The fraction of sp³-hybridized carbons (Fsp3) is 0. The Kier molecular flexibility index (Phi) is 2.07. The molecule has 0 saturated carbocycles. The van der Waals surface area contributed by atoms with Gasteiger partial charge in [0.1, 0.15) is 13.4 Å². The fourth-order valence-electron chi connectivity index (χ4n) is 2.55. The fourth-order valence-corrected chi connectivity index (χ4v) is 3.07. The lowest BCUT2D eigenvalue weighted by molar-refractivity contribution is 0.104. The summed E-state index contributed by atoms with van der Waals surface area (Å²) in [5.74, 6) is 0.523. The van der Waals surface area contributed by atoms with Gasteiger partial charge in [-0.3, -0.25) is 4.79 Å². The summed E-state index contributed by atoms with van der Waals surface area (Å²) in [4.78, 5) is 12.6. The minimum atomic E-state index is -0.0821. The lowest BCUT2D eigenvalue weighted by Gasteiger charge is -2.16. The third kappa shape index (κ3) is 1.28. The van der Waals surface area contributed by atoms with Gasteiger partial charge in [0.15, 0.2) is 11.5 Å². The highest BCUT2D eigenvalue weighted by Gasteiger charge is 2.30. The third-order valence-corrected chi connectivity index (χ3v) is 3.99. The molecule has 4 rings (SSSR count). The Hall–Kier alpha value is -1.88. The Morgan fingerprint density at radius 3 is 2.74 bits per heavy atom. The van der Waals surface area contributed by atoms with Gasteiger partial charge in [0.05, 0.1) is 5.39 Å². The van der Waals surface area contributed by atoms with E-state index in [1.165, 1.54) is 0 Å². The molecule has 2 radical (unpaired) electrons. The number of nitrogens with zero attached hydrogens (tertiary/aromatic N) is 1. The van der Waals surface area contributed by atoms with Crippen LogP contribution in [0.15, 0.2) is 39.3 Å². The second kappa shape index (κ2) is 3.57. The molecule has 2 aromatic carbocycles. The van der Waals surface area contributed by atoms with E-state index < -0.39 is 0 Å². The van der Waals surface area contributed by atoms with Crippen molar-refractivity contribution in [1.29, 1.82) is 0 Å². The van der Waals surface area contributed by atoms with Crippen LogP contribution in [0.4, 0.5) is 0 Å². The Labute approximate surface area is 118 Å². The van der Waals surface area contributed by atoms with E-state index >= 15 is 0 Å². The van der Waals surface area contributed by atoms with Crippen molar-refractivity contribution < 1.29 is 9.32 Å². The van der Waals surface area contributed by atoms with Crippen LogP contribution < -0.4 is 5.46 Å². The van der Waals surface area contributed by atoms with Crippen molar-refractivity contribution in [1.82, 2.24) is 5.16 Å². The Morgan fingerprint density at radius 1 is 1.21 bits per heavy atom. The molecule has 0 fully saturated rings. The molecular formula is C14H5BBrNO2. The number of benzene rings is 2. The Bertz CT molecular complexity index is 869. The van der Waals surface area contributed by atoms with E-state index in [1.807, 2.05) is 18.2 Å². The maximum absolute atomic E-state index is 12.6. The molecule has 0 N–H and O–H groups in total. The molecule has 1 heterocycles. The highest BCUT2D eigenvalue weighted by molar-refractivity contribution is 9.10. The number of hydrogen-bond acceptors (Lipinski definition) is 3. The topological polar surface area (TPSA) is 43.1 Å². The smallest absolute Gasteiger partial charge is 0.193 e. The zero-order valence-corrected chi connectivity index (χ0v) is 11.2. The van der Waals surface area contributed by atoms with Gasteiger partial charge >= 0.3 is 0 Å². The van der Waals surface area contributed by atoms with Gasteiger partial charge in [0.2, 0.25) is 0 Å². The highest BCUT2D eigenvalue weighted by atomic mass is 79.9. The van der Waals surface area contributed by atoms with Gasteiger partial charge < -0.3 is 4.52 Å². The molecule has 0 unspecified atom stereocenters. The number of aromatic nitrogens is 1. The maximum atomic E-state index is 12.6. The monoisotopic (exact) mass is 309 g/mol. The molecule has 1 aliphatic rings. The Morgan fingerprint density at radius 2 is 1.95 bits per heavy atom. The Balaban J connectivity index is 2.28. The van der Waals surface area contributed by atoms with Crippen LogP contribution in [0.1, 0.15) is 15.9 Å². The summed E-state index contributed by atoms with van der Waals surface area (Å²) in [5, 5.41) is 4.72. The van der Waals surface area contributed by atoms with Crippen molar-refractivity contribution in [3.05, 3.63) is 45.9 Å². The van der Waals surface area contributed by atoms with Gasteiger partial charge in [-0.15, -0.1) is 0 Å². The normalized spacial score (nSPS) is 12.8. The van der Waals surface area contributed by atoms with E-state index in [0.29, 0.717) is 33.3 Å². The molecule has 0 spiro atoms. The van der Waals surface area contributed by atoms with Crippen LogP contribution >= 0.6 is 15.9 Å². The number of halogens is 1. The number of carbonyl (C=O) groups excluding carboxylic acids is 1. The molecule has 0 amide bonds. The summed E-state index contributed by atoms with van der Waals surface area (Å²) >= 11 is 3.39. The minimum absolute atomic E-state index is 0.0821. The lowest BCUT2D eigenvalue weighted by Crippen LogP contribution is -2.20. The average Bonchev–Trinajstić information content (AvgIpc) is 2.83. The first-order chi connectivity index (χ1) is 9.18. The molecule has 0 bridgehead atoms. The van der Waals surface area contributed by atoms with E-state index in [2.05, 4.69) is 21.1 Å². The maximum Gasteiger partial charge on any atom is 0.193 e. The van der Waals surface area contributed by atoms with Gasteiger partial charge in [-0.2, -0.15) is 0 Å². The van der Waals surface area contributed by atoms with Gasteiger partial charge in [0, 0.05) is 21.2 Å². The van der Waals surface area contributed by atoms with Crippen molar-refractivity contribution >= 4 is 45.9 Å². The molecule has 19 heavy (non-hydrogen) atoms. The van der Waals surface area contributed by atoms with Crippen LogP contribution in [0.3, 0.4) is 0 Å². The third-order valence-electron chi connectivity index (χ3n) is 3.38. The first-order valence-corrected chi connectivity index (χ1v) is 6.49. The number of hydrogen-bond donors (Lipinski definition) is 0. The quantitative estimate of drug-likeness (QED) is 0.469. The van der Waals surface area contributed by atoms with Gasteiger partial charge in [-0.05, 0) is 15.9 Å². The van der Waals surface area contributed by atoms with E-state index in [1.54, 1.807) is 12.1 Å². The number of ketones is 1. The molecule has 88 valence electrons. The second-order valence-electron chi connectivity index (χ2n) is 4.43. The molecule has 1 aliphatic carbocycles. The van der Waals surface area contributed by atoms with E-state index in [0.717, 1.165) is 10.0 Å². The summed E-state index contributed by atoms with van der Waals surface area (Å²) in [6, 6.07) is 9.01. The first-order valence-electron chi connectivity index (χ1n) is 5.70. The molecule has 3 aromatic rings. The van der Waals surface area contributed by atoms with Gasteiger partial charge in [-0.25, -0.2) is 0 Å². The van der Waals surface area contributed by atoms with Crippen LogP contribution in [-0.4, -0.2) is 18.8 Å². The van der Waals surface area contributed by atoms with Crippen molar-refractivity contribution in [2.45, 2.75) is 0 Å². The summed E-state index contributed by atoms with van der Waals surface area (Å²) in [6.07, 6.45) is 0. The molecule has 1 aromatic heterocycles. The molecule has 3 nitrogen and oxygen atoms in total. The van der Waals surface area contributed by atoms with Crippen LogP contribution in [-0.2, 0) is 0 Å². The summed E-state index contributed by atoms with van der Waals surface area (Å²) in [5.41, 5.74) is 2.90. The van der Waals surface area contributed by atoms with Crippen molar-refractivity contribution in [2.75, 3.05) is 0 Å². The van der Waals surface area contributed by atoms with Gasteiger partial charge in [0.25, 0.3) is 0 Å². The number of carbonyl (C=O) groups is 1. The minimum Gasteiger partial charge on any atom is -0.355 e. The summed E-state index contributed by atoms with van der Waals surface area (Å²) in [6.45, 7) is 0. The second-order valence-corrected chi connectivity index (χ2v) is 5.29. The molecule has 5 heteroatoms. The van der Waals surface area contributed by atoms with Crippen LogP contribution in [0.5, 0.6) is 0 Å². The summed E-state index contributed by atoms with van der Waals surface area (Å²) < 4.78 is 6.15. The SMILES string of the molecule is [B]c1cc(Br)c2noc3c2c1C(=O)c1ccccc1-3. The highest BCUT2D eigenvalue weighted by Crippen LogP contribution is 2.40. The number of rotatable bonds is 0. The van der Waals surface area contributed by atoms with Crippen LogP contribution in [0.2, 0.25) is 0 Å². The first kappa shape index (κ1) is 11.0.